The van der Waals surface area contributed by atoms with Crippen molar-refractivity contribution < 1.29 is 23.9 Å². The summed E-state index contributed by atoms with van der Waals surface area (Å²) >= 11 is 0. The summed E-state index contributed by atoms with van der Waals surface area (Å²) in [5, 5.41) is 1.11. The molecule has 0 spiro atoms. The van der Waals surface area contributed by atoms with Gasteiger partial charge in [-0.2, -0.15) is 0 Å². The Labute approximate surface area is 170 Å². The highest BCUT2D eigenvalue weighted by atomic mass is 16.6. The van der Waals surface area contributed by atoms with Crippen LogP contribution in [0.1, 0.15) is 52.6 Å². The highest BCUT2D eigenvalue weighted by Gasteiger charge is 2.25. The monoisotopic (exact) mass is 398 g/mol. The number of carbonyl (C=O) groups is 3. The van der Waals surface area contributed by atoms with E-state index in [2.05, 4.69) is 5.43 Å². The third kappa shape index (κ3) is 5.57. The first-order valence-corrected chi connectivity index (χ1v) is 9.12. The molecule has 0 saturated carbocycles. The Morgan fingerprint density at radius 3 is 2.14 bits per heavy atom. The smallest absolute Gasteiger partial charge is 0.427 e. The third-order valence-electron chi connectivity index (χ3n) is 4.19. The van der Waals surface area contributed by atoms with Crippen LogP contribution < -0.4 is 10.4 Å². The van der Waals surface area contributed by atoms with E-state index in [9.17, 15) is 14.4 Å². The molecule has 0 aliphatic heterocycles. The summed E-state index contributed by atoms with van der Waals surface area (Å²) in [5.74, 6) is -0.924. The zero-order chi connectivity index (χ0) is 21.8. The van der Waals surface area contributed by atoms with Crippen LogP contribution in [0.3, 0.4) is 0 Å². The van der Waals surface area contributed by atoms with Crippen molar-refractivity contribution in [1.82, 2.24) is 5.43 Å². The van der Waals surface area contributed by atoms with Gasteiger partial charge in [0.25, 0.3) is 5.91 Å². The minimum absolute atomic E-state index is 0.327. The summed E-state index contributed by atoms with van der Waals surface area (Å²) in [7, 11) is 1.29. The van der Waals surface area contributed by atoms with Crippen LogP contribution in [-0.4, -0.2) is 30.7 Å². The first-order chi connectivity index (χ1) is 13.5. The summed E-state index contributed by atoms with van der Waals surface area (Å²) in [4.78, 5) is 37.3. The van der Waals surface area contributed by atoms with E-state index in [-0.39, 0.29) is 0 Å². The third-order valence-corrected chi connectivity index (χ3v) is 4.19. The first-order valence-electron chi connectivity index (χ1n) is 9.12. The predicted molar refractivity (Wildman–Crippen MR) is 110 cm³/mol. The fourth-order valence-electron chi connectivity index (χ4n) is 2.59. The Bertz CT molecular complexity index is 914. The number of benzene rings is 2. The van der Waals surface area contributed by atoms with E-state index >= 15 is 0 Å². The molecule has 154 valence electrons. The van der Waals surface area contributed by atoms with Crippen molar-refractivity contribution >= 4 is 23.7 Å². The quantitative estimate of drug-likeness (QED) is 0.619. The number of amides is 2. The van der Waals surface area contributed by atoms with Crippen molar-refractivity contribution in [3.8, 4) is 0 Å². The molecule has 0 aliphatic rings. The molecule has 0 atom stereocenters. The molecule has 0 aliphatic carbocycles. The average molecular weight is 398 g/mol. The van der Waals surface area contributed by atoms with Crippen LogP contribution in [-0.2, 0) is 9.47 Å². The maximum atomic E-state index is 13.3. The van der Waals surface area contributed by atoms with E-state index in [1.54, 1.807) is 45.0 Å². The maximum Gasteiger partial charge on any atom is 0.427 e. The second-order valence-corrected chi connectivity index (χ2v) is 7.54. The second-order valence-electron chi connectivity index (χ2n) is 7.54. The van der Waals surface area contributed by atoms with Crippen LogP contribution in [0.2, 0.25) is 0 Å². The van der Waals surface area contributed by atoms with Crippen molar-refractivity contribution in [2.75, 3.05) is 12.1 Å². The van der Waals surface area contributed by atoms with Gasteiger partial charge < -0.3 is 9.47 Å². The number of hydrazine groups is 1. The number of ether oxygens (including phenoxy) is 2. The standard InChI is InChI=1S/C22H26N2O5/c1-14-8-7-9-18(15(14)2)19(25)24(23-21(27)29-22(3,4)5)17-12-10-16(11-13-17)20(26)28-6/h7-13H,1-6H3,(H,23,27). The Kier molecular flexibility index (Phi) is 6.64. The first kappa shape index (κ1) is 21.9. The minimum Gasteiger partial charge on any atom is -0.465 e. The van der Waals surface area contributed by atoms with Gasteiger partial charge in [-0.25, -0.2) is 20.0 Å². The number of rotatable bonds is 3. The Hall–Kier alpha value is -3.35. The van der Waals surface area contributed by atoms with Crippen molar-refractivity contribution in [3.63, 3.8) is 0 Å². The normalized spacial score (nSPS) is 10.8. The number of aryl methyl sites for hydroxylation is 1. The summed E-state index contributed by atoms with van der Waals surface area (Å²) in [5.41, 5.74) is 4.67. The lowest BCUT2D eigenvalue weighted by molar-refractivity contribution is 0.0509. The number of nitrogens with one attached hydrogen (secondary N) is 1. The van der Waals surface area contributed by atoms with Crippen LogP contribution in [0.15, 0.2) is 42.5 Å². The average Bonchev–Trinajstić information content (AvgIpc) is 2.66. The number of methoxy groups -OCH3 is 1. The Balaban J connectivity index is 2.42. The molecule has 0 unspecified atom stereocenters. The molecule has 29 heavy (non-hydrogen) atoms. The lowest BCUT2D eigenvalue weighted by atomic mass is 10.0. The van der Waals surface area contributed by atoms with Crippen molar-refractivity contribution in [2.45, 2.75) is 40.2 Å². The van der Waals surface area contributed by atoms with Crippen LogP contribution in [0.25, 0.3) is 0 Å². The molecule has 0 fully saturated rings. The van der Waals surface area contributed by atoms with E-state index in [1.807, 2.05) is 19.9 Å². The summed E-state index contributed by atoms with van der Waals surface area (Å²) in [6.07, 6.45) is -0.770. The van der Waals surface area contributed by atoms with Gasteiger partial charge >= 0.3 is 12.1 Å². The molecule has 7 heteroatoms. The van der Waals surface area contributed by atoms with E-state index in [0.717, 1.165) is 16.1 Å². The highest BCUT2D eigenvalue weighted by molar-refractivity contribution is 6.08. The number of hydrogen-bond donors (Lipinski definition) is 1. The van der Waals surface area contributed by atoms with Crippen LogP contribution in [0.4, 0.5) is 10.5 Å². The number of hydrogen-bond acceptors (Lipinski definition) is 5. The van der Waals surface area contributed by atoms with Gasteiger partial charge in [0.05, 0.1) is 18.4 Å². The van der Waals surface area contributed by atoms with Gasteiger partial charge in [0.2, 0.25) is 0 Å². The van der Waals surface area contributed by atoms with Gasteiger partial charge in [0, 0.05) is 5.56 Å². The molecule has 0 bridgehead atoms. The molecular formula is C22H26N2O5. The molecule has 2 aromatic rings. The molecule has 0 saturated heterocycles. The minimum atomic E-state index is -0.770. The largest absolute Gasteiger partial charge is 0.465 e. The fraction of sp³-hybridized carbons (Fsp3) is 0.318. The van der Waals surface area contributed by atoms with Gasteiger partial charge in [0.1, 0.15) is 5.60 Å². The predicted octanol–water partition coefficient (Wildman–Crippen LogP) is 4.18. The van der Waals surface area contributed by atoms with Gasteiger partial charge in [-0.1, -0.05) is 12.1 Å². The van der Waals surface area contributed by atoms with E-state index in [1.165, 1.54) is 19.2 Å². The highest BCUT2D eigenvalue weighted by Crippen LogP contribution is 2.21. The lowest BCUT2D eigenvalue weighted by Crippen LogP contribution is -2.48. The molecular weight excluding hydrogens is 372 g/mol. The molecule has 2 amide bonds. The molecule has 0 radical (unpaired) electrons. The summed E-state index contributed by atoms with van der Waals surface area (Å²) in [6, 6.07) is 11.5. The van der Waals surface area contributed by atoms with Crippen LogP contribution in [0.5, 0.6) is 0 Å². The van der Waals surface area contributed by atoms with E-state index in [4.69, 9.17) is 9.47 Å². The molecule has 2 aromatic carbocycles. The molecule has 0 heterocycles. The Morgan fingerprint density at radius 2 is 1.59 bits per heavy atom. The number of esters is 1. The molecule has 2 rings (SSSR count). The molecule has 1 N–H and O–H groups in total. The van der Waals surface area contributed by atoms with Crippen LogP contribution in [0, 0.1) is 13.8 Å². The zero-order valence-electron chi connectivity index (χ0n) is 17.5. The summed E-state index contributed by atoms with van der Waals surface area (Å²) < 4.78 is 9.98. The molecule has 0 aromatic heterocycles. The van der Waals surface area contributed by atoms with Crippen molar-refractivity contribution in [1.29, 1.82) is 0 Å². The van der Waals surface area contributed by atoms with Gasteiger partial charge in [-0.05, 0) is 76.1 Å². The van der Waals surface area contributed by atoms with Crippen molar-refractivity contribution in [3.05, 3.63) is 64.7 Å². The lowest BCUT2D eigenvalue weighted by Gasteiger charge is -2.27. The number of anilines is 1. The van der Waals surface area contributed by atoms with Gasteiger partial charge in [-0.15, -0.1) is 0 Å². The summed E-state index contributed by atoms with van der Waals surface area (Å²) in [6.45, 7) is 8.94. The van der Waals surface area contributed by atoms with Gasteiger partial charge in [-0.3, -0.25) is 4.79 Å². The number of nitrogens with zero attached hydrogens (tertiary/aromatic N) is 1. The van der Waals surface area contributed by atoms with Gasteiger partial charge in [0.15, 0.2) is 0 Å². The fourth-order valence-corrected chi connectivity index (χ4v) is 2.59. The maximum absolute atomic E-state index is 13.3. The van der Waals surface area contributed by atoms with Crippen molar-refractivity contribution in [2.24, 2.45) is 0 Å². The van der Waals surface area contributed by atoms with Crippen LogP contribution >= 0.6 is 0 Å². The zero-order valence-corrected chi connectivity index (χ0v) is 17.5. The second kappa shape index (κ2) is 8.77. The SMILES string of the molecule is COC(=O)c1ccc(N(NC(=O)OC(C)(C)C)C(=O)c2cccc(C)c2C)cc1. The van der Waals surface area contributed by atoms with E-state index < -0.39 is 23.6 Å². The Morgan fingerprint density at radius 1 is 0.966 bits per heavy atom. The molecule has 7 nitrogen and oxygen atoms in total. The van der Waals surface area contributed by atoms with E-state index in [0.29, 0.717) is 16.8 Å². The number of carbonyl (C=O) groups excluding carboxylic acids is 3. The topological polar surface area (TPSA) is 84.9 Å².